The number of allylic oxidation sites excluding steroid dienone is 1. The Morgan fingerprint density at radius 2 is 2.28 bits per heavy atom. The first kappa shape index (κ1) is 12.6. The van der Waals surface area contributed by atoms with Gasteiger partial charge < -0.3 is 10.2 Å². The molecule has 0 bridgehead atoms. The highest BCUT2D eigenvalue weighted by Crippen LogP contribution is 2.26. The van der Waals surface area contributed by atoms with Gasteiger partial charge in [0.25, 0.3) is 0 Å². The SMILES string of the molecule is C=Cc1c(/C=C\C)cccc1N1CCNCC1=O. The first-order chi connectivity index (χ1) is 8.77. The Morgan fingerprint density at radius 1 is 1.44 bits per heavy atom. The minimum absolute atomic E-state index is 0.113. The van der Waals surface area contributed by atoms with Gasteiger partial charge in [-0.25, -0.2) is 0 Å². The van der Waals surface area contributed by atoms with Gasteiger partial charge in [-0.2, -0.15) is 0 Å². The molecule has 1 N–H and O–H groups in total. The van der Waals surface area contributed by atoms with Crippen LogP contribution in [0, 0.1) is 0 Å². The Labute approximate surface area is 108 Å². The number of carbonyl (C=O) groups excluding carboxylic acids is 1. The number of amides is 1. The lowest BCUT2D eigenvalue weighted by Crippen LogP contribution is -2.48. The van der Waals surface area contributed by atoms with Crippen molar-refractivity contribution < 1.29 is 4.79 Å². The van der Waals surface area contributed by atoms with Crippen LogP contribution in [0.25, 0.3) is 12.2 Å². The van der Waals surface area contributed by atoms with E-state index in [4.69, 9.17) is 0 Å². The van der Waals surface area contributed by atoms with Crippen LogP contribution < -0.4 is 10.2 Å². The van der Waals surface area contributed by atoms with Crippen molar-refractivity contribution in [3.63, 3.8) is 0 Å². The maximum absolute atomic E-state index is 11.9. The molecule has 0 spiro atoms. The lowest BCUT2D eigenvalue weighted by molar-refractivity contribution is -0.118. The van der Waals surface area contributed by atoms with Crippen LogP contribution in [0.1, 0.15) is 18.1 Å². The Bertz CT molecular complexity index is 491. The summed E-state index contributed by atoms with van der Waals surface area (Å²) in [6.07, 6.45) is 5.85. The zero-order chi connectivity index (χ0) is 13.0. The fraction of sp³-hybridized carbons (Fsp3) is 0.267. The lowest BCUT2D eigenvalue weighted by atomic mass is 10.0. The van der Waals surface area contributed by atoms with E-state index < -0.39 is 0 Å². The molecule has 1 saturated heterocycles. The maximum Gasteiger partial charge on any atom is 0.241 e. The van der Waals surface area contributed by atoms with E-state index in [0.29, 0.717) is 13.1 Å². The summed E-state index contributed by atoms with van der Waals surface area (Å²) in [7, 11) is 0. The van der Waals surface area contributed by atoms with Crippen LogP contribution >= 0.6 is 0 Å². The summed E-state index contributed by atoms with van der Waals surface area (Å²) < 4.78 is 0. The van der Waals surface area contributed by atoms with Crippen molar-refractivity contribution >= 4 is 23.7 Å². The molecule has 0 radical (unpaired) electrons. The smallest absolute Gasteiger partial charge is 0.241 e. The largest absolute Gasteiger partial charge is 0.309 e. The molecule has 18 heavy (non-hydrogen) atoms. The zero-order valence-corrected chi connectivity index (χ0v) is 10.6. The number of anilines is 1. The minimum atomic E-state index is 0.113. The van der Waals surface area contributed by atoms with Gasteiger partial charge in [-0.05, 0) is 18.6 Å². The van der Waals surface area contributed by atoms with E-state index in [2.05, 4.69) is 11.9 Å². The van der Waals surface area contributed by atoms with Crippen molar-refractivity contribution in [1.82, 2.24) is 5.32 Å². The third-order valence-corrected chi connectivity index (χ3v) is 3.05. The van der Waals surface area contributed by atoms with Gasteiger partial charge in [-0.15, -0.1) is 0 Å². The molecule has 1 heterocycles. The van der Waals surface area contributed by atoms with Crippen LogP contribution in [0.4, 0.5) is 5.69 Å². The quantitative estimate of drug-likeness (QED) is 0.882. The molecular formula is C15H18N2O. The van der Waals surface area contributed by atoms with Gasteiger partial charge in [0.15, 0.2) is 0 Å². The van der Waals surface area contributed by atoms with Crippen LogP contribution in [0.3, 0.4) is 0 Å². The molecule has 3 heteroatoms. The predicted molar refractivity (Wildman–Crippen MR) is 76.5 cm³/mol. The van der Waals surface area contributed by atoms with Crippen LogP contribution in [0.2, 0.25) is 0 Å². The first-order valence-electron chi connectivity index (χ1n) is 6.17. The number of nitrogens with one attached hydrogen (secondary N) is 1. The fourth-order valence-electron chi connectivity index (χ4n) is 2.21. The molecule has 3 nitrogen and oxygen atoms in total. The second-order valence-corrected chi connectivity index (χ2v) is 4.21. The van der Waals surface area contributed by atoms with E-state index in [1.165, 1.54) is 0 Å². The molecular weight excluding hydrogens is 224 g/mol. The van der Waals surface area contributed by atoms with Gasteiger partial charge in [0.05, 0.1) is 12.2 Å². The van der Waals surface area contributed by atoms with Gasteiger partial charge in [-0.1, -0.05) is 36.9 Å². The molecule has 0 atom stereocenters. The average molecular weight is 242 g/mol. The van der Waals surface area contributed by atoms with Gasteiger partial charge in [0, 0.05) is 18.7 Å². The number of hydrogen-bond donors (Lipinski definition) is 1. The van der Waals surface area contributed by atoms with Crippen LogP contribution in [0.5, 0.6) is 0 Å². The molecule has 0 unspecified atom stereocenters. The fourth-order valence-corrected chi connectivity index (χ4v) is 2.21. The summed E-state index contributed by atoms with van der Waals surface area (Å²) in [6.45, 7) is 7.79. The monoisotopic (exact) mass is 242 g/mol. The van der Waals surface area contributed by atoms with Crippen molar-refractivity contribution in [3.05, 3.63) is 42.0 Å². The van der Waals surface area contributed by atoms with Gasteiger partial charge >= 0.3 is 0 Å². The number of rotatable bonds is 3. The highest BCUT2D eigenvalue weighted by molar-refractivity contribution is 5.98. The number of carbonyl (C=O) groups is 1. The number of nitrogens with zero attached hydrogens (tertiary/aromatic N) is 1. The van der Waals surface area contributed by atoms with Crippen molar-refractivity contribution in [2.75, 3.05) is 24.5 Å². The molecule has 0 aromatic heterocycles. The minimum Gasteiger partial charge on any atom is -0.309 e. The number of hydrogen-bond acceptors (Lipinski definition) is 2. The van der Waals surface area contributed by atoms with Gasteiger partial charge in [0.1, 0.15) is 0 Å². The van der Waals surface area contributed by atoms with E-state index in [-0.39, 0.29) is 5.91 Å². The molecule has 0 saturated carbocycles. The molecule has 2 rings (SSSR count). The predicted octanol–water partition coefficient (Wildman–Crippen LogP) is 2.30. The Kier molecular flexibility index (Phi) is 3.95. The third kappa shape index (κ3) is 2.36. The summed E-state index contributed by atoms with van der Waals surface area (Å²) in [5.74, 6) is 0.113. The first-order valence-corrected chi connectivity index (χ1v) is 6.17. The average Bonchev–Trinajstić information content (AvgIpc) is 2.39. The van der Waals surface area contributed by atoms with Crippen LogP contribution in [0.15, 0.2) is 30.9 Å². The summed E-state index contributed by atoms with van der Waals surface area (Å²) in [6, 6.07) is 5.99. The Hall–Kier alpha value is -1.87. The van der Waals surface area contributed by atoms with Crippen LogP contribution in [-0.2, 0) is 4.79 Å². The van der Waals surface area contributed by atoms with E-state index in [1.807, 2.05) is 48.3 Å². The highest BCUT2D eigenvalue weighted by atomic mass is 16.2. The normalized spacial score (nSPS) is 16.3. The van der Waals surface area contributed by atoms with E-state index in [0.717, 1.165) is 23.4 Å². The molecule has 1 aromatic carbocycles. The van der Waals surface area contributed by atoms with Gasteiger partial charge in [0.2, 0.25) is 5.91 Å². The lowest BCUT2D eigenvalue weighted by Gasteiger charge is -2.29. The zero-order valence-electron chi connectivity index (χ0n) is 10.6. The highest BCUT2D eigenvalue weighted by Gasteiger charge is 2.21. The van der Waals surface area contributed by atoms with E-state index >= 15 is 0 Å². The second-order valence-electron chi connectivity index (χ2n) is 4.21. The molecule has 1 fully saturated rings. The summed E-state index contributed by atoms with van der Waals surface area (Å²) in [5, 5.41) is 3.08. The third-order valence-electron chi connectivity index (χ3n) is 3.05. The summed E-state index contributed by atoms with van der Waals surface area (Å²) in [4.78, 5) is 13.8. The molecule has 1 aliphatic rings. The van der Waals surface area contributed by atoms with Gasteiger partial charge in [-0.3, -0.25) is 4.79 Å². The maximum atomic E-state index is 11.9. The standard InChI is InChI=1S/C15H18N2O/c1-3-6-12-7-5-8-14(13(12)4-2)17-10-9-16-11-15(17)18/h3-8,16H,2,9-11H2,1H3/b6-3-. The topological polar surface area (TPSA) is 32.3 Å². The Morgan fingerprint density at radius 3 is 2.94 bits per heavy atom. The van der Waals surface area contributed by atoms with Crippen molar-refractivity contribution in [2.24, 2.45) is 0 Å². The summed E-state index contributed by atoms with van der Waals surface area (Å²) >= 11 is 0. The Balaban J connectivity index is 2.46. The van der Waals surface area contributed by atoms with Crippen molar-refractivity contribution in [1.29, 1.82) is 0 Å². The summed E-state index contributed by atoms with van der Waals surface area (Å²) in [5.41, 5.74) is 3.06. The molecule has 1 aromatic rings. The van der Waals surface area contributed by atoms with E-state index in [1.54, 1.807) is 0 Å². The second kappa shape index (κ2) is 5.65. The molecule has 1 amide bonds. The van der Waals surface area contributed by atoms with E-state index in [9.17, 15) is 4.79 Å². The van der Waals surface area contributed by atoms with Crippen LogP contribution in [-0.4, -0.2) is 25.5 Å². The number of benzene rings is 1. The van der Waals surface area contributed by atoms with Crippen molar-refractivity contribution in [3.8, 4) is 0 Å². The number of piperazine rings is 1. The van der Waals surface area contributed by atoms with Crippen molar-refractivity contribution in [2.45, 2.75) is 6.92 Å². The molecule has 0 aliphatic carbocycles. The molecule has 1 aliphatic heterocycles. The molecule has 94 valence electrons.